The SMILES string of the molecule is COC(=O)C1(CCCBr)NC2CCC1C2. The van der Waals surface area contributed by atoms with Crippen LogP contribution in [0.25, 0.3) is 0 Å². The van der Waals surface area contributed by atoms with Gasteiger partial charge in [-0.05, 0) is 38.0 Å². The molecule has 3 unspecified atom stereocenters. The molecule has 2 aliphatic rings. The van der Waals surface area contributed by atoms with E-state index in [4.69, 9.17) is 4.74 Å². The number of hydrogen-bond acceptors (Lipinski definition) is 3. The van der Waals surface area contributed by atoms with Crippen molar-refractivity contribution in [3.63, 3.8) is 0 Å². The number of piperidine rings is 1. The zero-order valence-electron chi connectivity index (χ0n) is 9.09. The molecule has 1 saturated heterocycles. The molecular weight excluding hydrogens is 258 g/mol. The number of ether oxygens (including phenoxy) is 1. The fraction of sp³-hybridized carbons (Fsp3) is 0.909. The highest BCUT2D eigenvalue weighted by Gasteiger charge is 2.55. The largest absolute Gasteiger partial charge is 0.468 e. The van der Waals surface area contributed by atoms with Gasteiger partial charge in [0.05, 0.1) is 7.11 Å². The monoisotopic (exact) mass is 275 g/mol. The van der Waals surface area contributed by atoms with Crippen LogP contribution in [0.1, 0.15) is 32.1 Å². The van der Waals surface area contributed by atoms with Gasteiger partial charge in [-0.2, -0.15) is 0 Å². The van der Waals surface area contributed by atoms with Crippen molar-refractivity contribution < 1.29 is 9.53 Å². The summed E-state index contributed by atoms with van der Waals surface area (Å²) in [6, 6.07) is 0.546. The summed E-state index contributed by atoms with van der Waals surface area (Å²) in [5, 5.41) is 4.44. The van der Waals surface area contributed by atoms with Crippen LogP contribution in [-0.2, 0) is 9.53 Å². The van der Waals surface area contributed by atoms with Crippen LogP contribution in [0.2, 0.25) is 0 Å². The van der Waals surface area contributed by atoms with E-state index in [9.17, 15) is 4.79 Å². The molecule has 15 heavy (non-hydrogen) atoms. The Morgan fingerprint density at radius 3 is 2.87 bits per heavy atom. The molecule has 0 aromatic heterocycles. The Kier molecular flexibility index (Phi) is 3.36. The maximum Gasteiger partial charge on any atom is 0.326 e. The molecule has 3 nitrogen and oxygen atoms in total. The number of halogens is 1. The van der Waals surface area contributed by atoms with E-state index in [0.29, 0.717) is 12.0 Å². The maximum absolute atomic E-state index is 11.9. The molecule has 0 spiro atoms. The second-order valence-corrected chi connectivity index (χ2v) is 5.40. The summed E-state index contributed by atoms with van der Waals surface area (Å²) in [7, 11) is 1.49. The molecule has 0 amide bonds. The lowest BCUT2D eigenvalue weighted by molar-refractivity contribution is -0.151. The van der Waals surface area contributed by atoms with E-state index in [1.807, 2.05) is 0 Å². The molecule has 2 rings (SSSR count). The van der Waals surface area contributed by atoms with Gasteiger partial charge in [0.25, 0.3) is 0 Å². The minimum absolute atomic E-state index is 0.0596. The molecule has 4 heteroatoms. The lowest BCUT2D eigenvalue weighted by Gasteiger charge is -2.35. The van der Waals surface area contributed by atoms with Crippen LogP contribution < -0.4 is 5.32 Å². The van der Waals surface area contributed by atoms with Gasteiger partial charge in [0.15, 0.2) is 0 Å². The molecule has 2 fully saturated rings. The van der Waals surface area contributed by atoms with Crippen molar-refractivity contribution >= 4 is 21.9 Å². The van der Waals surface area contributed by atoms with Crippen molar-refractivity contribution in [1.29, 1.82) is 0 Å². The molecule has 0 aromatic rings. The van der Waals surface area contributed by atoms with Gasteiger partial charge in [-0.25, -0.2) is 0 Å². The zero-order valence-corrected chi connectivity index (χ0v) is 10.7. The number of fused-ring (bicyclic) bond motifs is 2. The fourth-order valence-electron chi connectivity index (χ4n) is 3.17. The van der Waals surface area contributed by atoms with Crippen LogP contribution in [-0.4, -0.2) is 30.0 Å². The van der Waals surface area contributed by atoms with Crippen molar-refractivity contribution in [3.8, 4) is 0 Å². The third-order valence-corrected chi connectivity index (χ3v) is 4.41. The van der Waals surface area contributed by atoms with E-state index in [1.54, 1.807) is 0 Å². The Labute approximate surface area is 99.1 Å². The number of methoxy groups -OCH3 is 1. The van der Waals surface area contributed by atoms with Crippen LogP contribution in [0, 0.1) is 5.92 Å². The van der Waals surface area contributed by atoms with Crippen molar-refractivity contribution in [2.24, 2.45) is 5.92 Å². The summed E-state index contributed by atoms with van der Waals surface area (Å²) in [4.78, 5) is 11.9. The molecule has 0 radical (unpaired) electrons. The number of alkyl halides is 1. The molecule has 86 valence electrons. The van der Waals surface area contributed by atoms with Gasteiger partial charge in [0, 0.05) is 11.4 Å². The molecule has 1 heterocycles. The minimum Gasteiger partial charge on any atom is -0.468 e. The first-order chi connectivity index (χ1) is 7.23. The lowest BCUT2D eigenvalue weighted by Crippen LogP contribution is -2.56. The highest BCUT2D eigenvalue weighted by Crippen LogP contribution is 2.44. The molecule has 1 N–H and O–H groups in total. The third kappa shape index (κ3) is 1.82. The summed E-state index contributed by atoms with van der Waals surface area (Å²) in [5.41, 5.74) is -0.370. The molecular formula is C11H18BrNO2. The number of hydrogen-bond donors (Lipinski definition) is 1. The fourth-order valence-corrected chi connectivity index (χ4v) is 3.45. The highest BCUT2D eigenvalue weighted by molar-refractivity contribution is 9.09. The molecule has 1 aliphatic heterocycles. The Hall–Kier alpha value is -0.0900. The quantitative estimate of drug-likeness (QED) is 0.629. The average molecular weight is 276 g/mol. The molecule has 2 bridgehead atoms. The van der Waals surface area contributed by atoms with Crippen molar-refractivity contribution in [1.82, 2.24) is 5.32 Å². The normalized spacial score (nSPS) is 38.3. The van der Waals surface area contributed by atoms with Gasteiger partial charge < -0.3 is 4.74 Å². The minimum atomic E-state index is -0.370. The number of carbonyl (C=O) groups excluding carboxylic acids is 1. The van der Waals surface area contributed by atoms with E-state index >= 15 is 0 Å². The predicted octanol–water partition coefficient (Wildman–Crippen LogP) is 1.85. The maximum atomic E-state index is 11.9. The molecule has 0 aromatic carbocycles. The summed E-state index contributed by atoms with van der Waals surface area (Å²) in [5.74, 6) is 0.435. The van der Waals surface area contributed by atoms with Crippen LogP contribution in [0.15, 0.2) is 0 Å². The van der Waals surface area contributed by atoms with Crippen molar-refractivity contribution in [2.45, 2.75) is 43.7 Å². The number of esters is 1. The predicted molar refractivity (Wildman–Crippen MR) is 62.0 cm³/mol. The Morgan fingerprint density at radius 1 is 1.60 bits per heavy atom. The first kappa shape index (κ1) is 11.4. The van der Waals surface area contributed by atoms with E-state index in [0.717, 1.165) is 24.6 Å². The second-order valence-electron chi connectivity index (χ2n) is 4.61. The van der Waals surface area contributed by atoms with Gasteiger partial charge in [-0.1, -0.05) is 15.9 Å². The second kappa shape index (κ2) is 4.42. The smallest absolute Gasteiger partial charge is 0.326 e. The molecule has 1 saturated carbocycles. The summed E-state index contributed by atoms with van der Waals surface area (Å²) in [6.45, 7) is 0. The van der Waals surface area contributed by atoms with Gasteiger partial charge in [-0.3, -0.25) is 10.1 Å². The van der Waals surface area contributed by atoms with Crippen molar-refractivity contribution in [3.05, 3.63) is 0 Å². The van der Waals surface area contributed by atoms with Gasteiger partial charge in [-0.15, -0.1) is 0 Å². The number of nitrogens with one attached hydrogen (secondary N) is 1. The number of carbonyl (C=O) groups is 1. The van der Waals surface area contributed by atoms with E-state index in [2.05, 4.69) is 21.2 Å². The highest BCUT2D eigenvalue weighted by atomic mass is 79.9. The van der Waals surface area contributed by atoms with Crippen LogP contribution in [0.4, 0.5) is 0 Å². The van der Waals surface area contributed by atoms with Gasteiger partial charge in [0.2, 0.25) is 0 Å². The zero-order chi connectivity index (χ0) is 10.9. The Morgan fingerprint density at radius 2 is 2.40 bits per heavy atom. The molecule has 1 aliphatic carbocycles. The third-order valence-electron chi connectivity index (χ3n) is 3.85. The summed E-state index contributed by atoms with van der Waals surface area (Å²) < 4.78 is 4.97. The van der Waals surface area contributed by atoms with E-state index < -0.39 is 0 Å². The standard InChI is InChI=1S/C11H18BrNO2/c1-15-10(14)11(5-2-6-12)8-3-4-9(7-8)13-11/h8-9,13H,2-7H2,1H3. The topological polar surface area (TPSA) is 38.3 Å². The summed E-state index contributed by atoms with van der Waals surface area (Å²) in [6.07, 6.45) is 5.46. The van der Waals surface area contributed by atoms with Gasteiger partial charge in [0.1, 0.15) is 5.54 Å². The molecule has 3 atom stereocenters. The Bertz CT molecular complexity index is 259. The average Bonchev–Trinajstić information content (AvgIpc) is 2.85. The van der Waals surface area contributed by atoms with Crippen LogP contribution in [0.5, 0.6) is 0 Å². The summed E-state index contributed by atoms with van der Waals surface area (Å²) >= 11 is 3.43. The van der Waals surface area contributed by atoms with Crippen LogP contribution >= 0.6 is 15.9 Å². The van der Waals surface area contributed by atoms with E-state index in [1.165, 1.54) is 20.0 Å². The first-order valence-electron chi connectivity index (χ1n) is 5.65. The van der Waals surface area contributed by atoms with Gasteiger partial charge >= 0.3 is 5.97 Å². The first-order valence-corrected chi connectivity index (χ1v) is 6.77. The van der Waals surface area contributed by atoms with E-state index in [-0.39, 0.29) is 11.5 Å². The Balaban J connectivity index is 2.13. The van der Waals surface area contributed by atoms with Crippen molar-refractivity contribution in [2.75, 3.05) is 12.4 Å². The lowest BCUT2D eigenvalue weighted by atomic mass is 9.80. The van der Waals surface area contributed by atoms with Crippen LogP contribution in [0.3, 0.4) is 0 Å². The number of rotatable bonds is 4.